The molecule has 0 saturated heterocycles. The predicted octanol–water partition coefficient (Wildman–Crippen LogP) is 2.57. The number of amides is 1. The van der Waals surface area contributed by atoms with Crippen molar-refractivity contribution in [3.63, 3.8) is 0 Å². The highest BCUT2D eigenvalue weighted by Gasteiger charge is 2.29. The second-order valence-electron chi connectivity index (χ2n) is 6.02. The summed E-state index contributed by atoms with van der Waals surface area (Å²) >= 11 is 0. The zero-order valence-electron chi connectivity index (χ0n) is 12.0. The van der Waals surface area contributed by atoms with Crippen LogP contribution in [0.2, 0.25) is 0 Å². The van der Waals surface area contributed by atoms with E-state index < -0.39 is 0 Å². The Hall–Kier alpha value is -1.35. The molecule has 0 aliphatic heterocycles. The Labute approximate surface area is 121 Å². The van der Waals surface area contributed by atoms with E-state index in [2.05, 4.69) is 34.9 Å². The molecule has 3 heteroatoms. The van der Waals surface area contributed by atoms with Crippen molar-refractivity contribution >= 4 is 5.91 Å². The van der Waals surface area contributed by atoms with E-state index in [1.165, 1.54) is 36.8 Å². The quantitative estimate of drug-likeness (QED) is 0.639. The van der Waals surface area contributed by atoms with Crippen molar-refractivity contribution in [1.29, 1.82) is 0 Å². The maximum Gasteiger partial charge on any atom is 0.223 e. The van der Waals surface area contributed by atoms with Crippen molar-refractivity contribution in [2.24, 2.45) is 5.92 Å². The number of nitrogens with one attached hydrogen (secondary N) is 2. The molecule has 1 aromatic rings. The number of fused-ring (bicyclic) bond motifs is 1. The first-order chi connectivity index (χ1) is 9.84. The van der Waals surface area contributed by atoms with Gasteiger partial charge in [0.25, 0.3) is 0 Å². The van der Waals surface area contributed by atoms with Gasteiger partial charge in [-0.15, -0.1) is 0 Å². The molecule has 108 valence electrons. The minimum atomic E-state index is 0.244. The van der Waals surface area contributed by atoms with Gasteiger partial charge in [-0.3, -0.25) is 4.79 Å². The van der Waals surface area contributed by atoms with Gasteiger partial charge in [0.2, 0.25) is 5.91 Å². The van der Waals surface area contributed by atoms with Gasteiger partial charge in [0.05, 0.1) is 0 Å². The molecule has 0 heterocycles. The van der Waals surface area contributed by atoms with E-state index in [1.54, 1.807) is 0 Å². The van der Waals surface area contributed by atoms with Crippen molar-refractivity contribution in [1.82, 2.24) is 10.6 Å². The van der Waals surface area contributed by atoms with Gasteiger partial charge in [-0.1, -0.05) is 30.7 Å². The molecule has 1 saturated carbocycles. The van der Waals surface area contributed by atoms with E-state index >= 15 is 0 Å². The van der Waals surface area contributed by atoms with Crippen molar-refractivity contribution in [2.45, 2.75) is 44.6 Å². The Morgan fingerprint density at radius 2 is 1.95 bits per heavy atom. The van der Waals surface area contributed by atoms with Gasteiger partial charge in [0.15, 0.2) is 0 Å². The molecule has 1 fully saturated rings. The second kappa shape index (κ2) is 6.40. The SMILES string of the molecule is O=C(NCCNC1CCCCc2ccccc21)C1CC1. The van der Waals surface area contributed by atoms with E-state index in [1.807, 2.05) is 0 Å². The van der Waals surface area contributed by atoms with Gasteiger partial charge in [-0.05, 0) is 43.2 Å². The Morgan fingerprint density at radius 3 is 2.80 bits per heavy atom. The smallest absolute Gasteiger partial charge is 0.223 e. The van der Waals surface area contributed by atoms with E-state index in [0.717, 1.165) is 25.9 Å². The molecule has 3 nitrogen and oxygen atoms in total. The molecule has 1 atom stereocenters. The van der Waals surface area contributed by atoms with Gasteiger partial charge in [0.1, 0.15) is 0 Å². The summed E-state index contributed by atoms with van der Waals surface area (Å²) in [4.78, 5) is 11.6. The first-order valence-electron chi connectivity index (χ1n) is 7.93. The average Bonchev–Trinajstić information content (AvgIpc) is 3.30. The van der Waals surface area contributed by atoms with Crippen LogP contribution in [0.5, 0.6) is 0 Å². The molecule has 2 aliphatic carbocycles. The second-order valence-corrected chi connectivity index (χ2v) is 6.02. The lowest BCUT2D eigenvalue weighted by Gasteiger charge is -2.19. The third kappa shape index (κ3) is 3.40. The van der Waals surface area contributed by atoms with E-state index in [0.29, 0.717) is 12.0 Å². The largest absolute Gasteiger partial charge is 0.355 e. The van der Waals surface area contributed by atoms with Gasteiger partial charge < -0.3 is 10.6 Å². The van der Waals surface area contributed by atoms with Crippen LogP contribution in [0.3, 0.4) is 0 Å². The molecule has 3 rings (SSSR count). The van der Waals surface area contributed by atoms with Crippen LogP contribution in [0.4, 0.5) is 0 Å². The minimum absolute atomic E-state index is 0.244. The van der Waals surface area contributed by atoms with Crippen LogP contribution in [0, 0.1) is 5.92 Å². The molecule has 2 aliphatic rings. The fraction of sp³-hybridized carbons (Fsp3) is 0.588. The van der Waals surface area contributed by atoms with Crippen molar-refractivity contribution < 1.29 is 4.79 Å². The lowest BCUT2D eigenvalue weighted by molar-refractivity contribution is -0.122. The summed E-state index contributed by atoms with van der Waals surface area (Å²) in [6, 6.07) is 9.22. The highest BCUT2D eigenvalue weighted by molar-refractivity contribution is 5.80. The molecule has 0 spiro atoms. The minimum Gasteiger partial charge on any atom is -0.355 e. The van der Waals surface area contributed by atoms with Crippen LogP contribution >= 0.6 is 0 Å². The number of carbonyl (C=O) groups is 1. The molecular weight excluding hydrogens is 248 g/mol. The first kappa shape index (κ1) is 13.6. The summed E-state index contributed by atoms with van der Waals surface area (Å²) in [6.07, 6.45) is 7.12. The van der Waals surface area contributed by atoms with Gasteiger partial charge in [-0.25, -0.2) is 0 Å². The van der Waals surface area contributed by atoms with E-state index in [4.69, 9.17) is 0 Å². The Kier molecular flexibility index (Phi) is 4.36. The van der Waals surface area contributed by atoms with Crippen LogP contribution in [-0.2, 0) is 11.2 Å². The number of carbonyl (C=O) groups excluding carboxylic acids is 1. The molecule has 1 unspecified atom stereocenters. The molecule has 0 aromatic heterocycles. The third-order valence-electron chi connectivity index (χ3n) is 4.38. The van der Waals surface area contributed by atoms with Crippen molar-refractivity contribution in [2.75, 3.05) is 13.1 Å². The third-order valence-corrected chi connectivity index (χ3v) is 4.38. The molecule has 2 N–H and O–H groups in total. The number of hydrogen-bond acceptors (Lipinski definition) is 2. The predicted molar refractivity (Wildman–Crippen MR) is 80.5 cm³/mol. The summed E-state index contributed by atoms with van der Waals surface area (Å²) in [5.74, 6) is 0.557. The van der Waals surface area contributed by atoms with E-state index in [-0.39, 0.29) is 5.91 Å². The topological polar surface area (TPSA) is 41.1 Å². The summed E-state index contributed by atoms with van der Waals surface area (Å²) in [5.41, 5.74) is 2.95. The van der Waals surface area contributed by atoms with Crippen LogP contribution in [0.25, 0.3) is 0 Å². The van der Waals surface area contributed by atoms with Gasteiger partial charge >= 0.3 is 0 Å². The molecule has 1 aromatic carbocycles. The number of aryl methyl sites for hydroxylation is 1. The Morgan fingerprint density at radius 1 is 1.10 bits per heavy atom. The van der Waals surface area contributed by atoms with Crippen LogP contribution < -0.4 is 10.6 Å². The number of hydrogen-bond donors (Lipinski definition) is 2. The molecule has 1 amide bonds. The summed E-state index contributed by atoms with van der Waals surface area (Å²) in [7, 11) is 0. The fourth-order valence-corrected chi connectivity index (χ4v) is 3.06. The lowest BCUT2D eigenvalue weighted by Crippen LogP contribution is -2.34. The zero-order valence-corrected chi connectivity index (χ0v) is 12.0. The first-order valence-corrected chi connectivity index (χ1v) is 7.93. The molecule has 0 radical (unpaired) electrons. The Balaban J connectivity index is 1.50. The molecule has 0 bridgehead atoms. The van der Waals surface area contributed by atoms with E-state index in [9.17, 15) is 4.79 Å². The molecule has 20 heavy (non-hydrogen) atoms. The zero-order chi connectivity index (χ0) is 13.8. The summed E-state index contributed by atoms with van der Waals surface area (Å²) in [5, 5.41) is 6.64. The molecular formula is C17H24N2O. The van der Waals surface area contributed by atoms with Gasteiger partial charge in [0, 0.05) is 25.0 Å². The average molecular weight is 272 g/mol. The van der Waals surface area contributed by atoms with Crippen molar-refractivity contribution in [3.8, 4) is 0 Å². The number of benzene rings is 1. The van der Waals surface area contributed by atoms with Crippen LogP contribution in [0.1, 0.15) is 49.3 Å². The number of rotatable bonds is 5. The van der Waals surface area contributed by atoms with Crippen molar-refractivity contribution in [3.05, 3.63) is 35.4 Å². The standard InChI is InChI=1S/C17H24N2O/c20-17(14-9-10-14)19-12-11-18-16-8-4-2-6-13-5-1-3-7-15(13)16/h1,3,5,7,14,16,18H,2,4,6,8-12H2,(H,19,20). The van der Waals surface area contributed by atoms with Crippen LogP contribution in [0.15, 0.2) is 24.3 Å². The summed E-state index contributed by atoms with van der Waals surface area (Å²) in [6.45, 7) is 1.60. The van der Waals surface area contributed by atoms with Crippen LogP contribution in [-0.4, -0.2) is 19.0 Å². The summed E-state index contributed by atoms with van der Waals surface area (Å²) < 4.78 is 0. The monoisotopic (exact) mass is 272 g/mol. The Bertz CT molecular complexity index is 468. The fourth-order valence-electron chi connectivity index (χ4n) is 3.06. The maximum atomic E-state index is 11.6. The highest BCUT2D eigenvalue weighted by atomic mass is 16.2. The highest BCUT2D eigenvalue weighted by Crippen LogP contribution is 2.29. The maximum absolute atomic E-state index is 11.6. The lowest BCUT2D eigenvalue weighted by atomic mass is 9.99. The normalized spacial score (nSPS) is 21.9. The van der Waals surface area contributed by atoms with Gasteiger partial charge in [-0.2, -0.15) is 0 Å².